The number of morpholine rings is 1. The van der Waals surface area contributed by atoms with Crippen molar-refractivity contribution < 1.29 is 4.74 Å². The van der Waals surface area contributed by atoms with Gasteiger partial charge in [-0.05, 0) is 102 Å². The first kappa shape index (κ1) is 20.7. The fraction of sp³-hybridized carbons (Fsp3) is 1.00. The molecule has 8 bridgehead atoms. The number of fused-ring (bicyclic) bond motifs is 9. The molecule has 0 aromatic carbocycles. The lowest BCUT2D eigenvalue weighted by Crippen LogP contribution is -2.44. The summed E-state index contributed by atoms with van der Waals surface area (Å²) >= 11 is 0. The third kappa shape index (κ3) is 5.74. The van der Waals surface area contributed by atoms with Gasteiger partial charge in [-0.2, -0.15) is 0 Å². The van der Waals surface area contributed by atoms with Crippen LogP contribution >= 0.6 is 0 Å². The Morgan fingerprint density at radius 3 is 1.21 bits per heavy atom. The number of rotatable bonds is 0. The van der Waals surface area contributed by atoms with Gasteiger partial charge >= 0.3 is 0 Å². The zero-order valence-electron chi connectivity index (χ0n) is 18.3. The van der Waals surface area contributed by atoms with Crippen molar-refractivity contribution in [1.29, 1.82) is 0 Å². The van der Waals surface area contributed by atoms with Crippen LogP contribution in [0.1, 0.15) is 77.0 Å². The lowest BCUT2D eigenvalue weighted by Gasteiger charge is -2.36. The van der Waals surface area contributed by atoms with Crippen LogP contribution in [0.2, 0.25) is 0 Å². The van der Waals surface area contributed by atoms with E-state index < -0.39 is 0 Å². The topological polar surface area (TPSA) is 57.3 Å². The minimum absolute atomic E-state index is 0.560. The van der Waals surface area contributed by atoms with Crippen LogP contribution in [-0.2, 0) is 4.74 Å². The maximum atomic E-state index is 5.29. The Hall–Kier alpha value is -0.200. The number of piperidine rings is 3. The van der Waals surface area contributed by atoms with Crippen molar-refractivity contribution in [2.45, 2.75) is 113 Å². The Morgan fingerprint density at radius 2 is 1.07 bits per heavy atom. The van der Waals surface area contributed by atoms with Crippen LogP contribution in [0.25, 0.3) is 0 Å². The van der Waals surface area contributed by atoms with E-state index in [4.69, 9.17) is 4.74 Å². The van der Waals surface area contributed by atoms with Crippen molar-refractivity contribution in [3.8, 4) is 0 Å². The first-order chi connectivity index (χ1) is 14.3. The summed E-state index contributed by atoms with van der Waals surface area (Å²) in [5, 5.41) is 13.8. The average molecular weight is 405 g/mol. The Kier molecular flexibility index (Phi) is 7.10. The molecular formula is C24H44N4O. The molecule has 0 radical (unpaired) electrons. The molecule has 0 amide bonds. The highest BCUT2D eigenvalue weighted by Crippen LogP contribution is 2.30. The van der Waals surface area contributed by atoms with E-state index >= 15 is 0 Å². The van der Waals surface area contributed by atoms with Gasteiger partial charge in [-0.3, -0.25) is 0 Å². The Balaban J connectivity index is 0.0000000836. The minimum atomic E-state index is 0.560. The molecule has 5 heteroatoms. The third-order valence-electron chi connectivity index (χ3n) is 8.69. The van der Waals surface area contributed by atoms with Crippen LogP contribution < -0.4 is 21.3 Å². The molecule has 29 heavy (non-hydrogen) atoms. The highest BCUT2D eigenvalue weighted by molar-refractivity contribution is 4.91. The van der Waals surface area contributed by atoms with Crippen LogP contribution in [0, 0.1) is 11.8 Å². The Labute approximate surface area is 177 Å². The van der Waals surface area contributed by atoms with Crippen molar-refractivity contribution in [3.63, 3.8) is 0 Å². The zero-order valence-corrected chi connectivity index (χ0v) is 18.3. The van der Waals surface area contributed by atoms with Gasteiger partial charge in [0.1, 0.15) is 0 Å². The molecule has 4 N–H and O–H groups in total. The number of hydrogen-bond donors (Lipinski definition) is 4. The summed E-state index contributed by atoms with van der Waals surface area (Å²) < 4.78 is 5.29. The second-order valence-electron chi connectivity index (χ2n) is 10.9. The second kappa shape index (κ2) is 9.95. The molecule has 4 unspecified atom stereocenters. The van der Waals surface area contributed by atoms with E-state index in [0.717, 1.165) is 49.2 Å². The van der Waals surface area contributed by atoms with Gasteiger partial charge in [0.15, 0.2) is 0 Å². The van der Waals surface area contributed by atoms with Crippen LogP contribution in [0.5, 0.6) is 0 Å². The van der Waals surface area contributed by atoms with Crippen LogP contribution in [0.3, 0.4) is 0 Å². The van der Waals surface area contributed by atoms with Crippen molar-refractivity contribution in [2.75, 3.05) is 26.2 Å². The first-order valence-corrected chi connectivity index (χ1v) is 12.9. The van der Waals surface area contributed by atoms with Gasteiger partial charge < -0.3 is 26.0 Å². The van der Waals surface area contributed by atoms with Gasteiger partial charge in [0, 0.05) is 36.8 Å². The Bertz CT molecular complexity index is 380. The molecule has 2 saturated carbocycles. The van der Waals surface area contributed by atoms with E-state index in [2.05, 4.69) is 21.3 Å². The minimum Gasteiger partial charge on any atom is -0.375 e. The van der Waals surface area contributed by atoms with E-state index in [1.54, 1.807) is 0 Å². The van der Waals surface area contributed by atoms with Crippen LogP contribution in [0.15, 0.2) is 0 Å². The summed E-state index contributed by atoms with van der Waals surface area (Å²) in [5.74, 6) is 2.10. The molecule has 5 nitrogen and oxygen atoms in total. The molecule has 7 saturated heterocycles. The summed E-state index contributed by atoms with van der Waals surface area (Å²) in [4.78, 5) is 0. The van der Waals surface area contributed by atoms with Crippen molar-refractivity contribution >= 4 is 0 Å². The maximum Gasteiger partial charge on any atom is 0.0716 e. The predicted molar refractivity (Wildman–Crippen MR) is 118 cm³/mol. The summed E-state index contributed by atoms with van der Waals surface area (Å²) in [6, 6.07) is 4.37. The Morgan fingerprint density at radius 1 is 0.483 bits per heavy atom. The van der Waals surface area contributed by atoms with Gasteiger partial charge in [0.25, 0.3) is 0 Å². The van der Waals surface area contributed by atoms with Crippen LogP contribution in [-0.4, -0.2) is 62.6 Å². The lowest BCUT2D eigenvalue weighted by molar-refractivity contribution is 0.0892. The van der Waals surface area contributed by atoms with E-state index in [0.29, 0.717) is 12.1 Å². The summed E-state index contributed by atoms with van der Waals surface area (Å²) in [5.41, 5.74) is 0. The van der Waals surface area contributed by atoms with Gasteiger partial charge in [-0.15, -0.1) is 0 Å². The monoisotopic (exact) mass is 404 g/mol. The maximum absolute atomic E-state index is 5.29. The highest BCUT2D eigenvalue weighted by atomic mass is 16.5. The first-order valence-electron chi connectivity index (χ1n) is 12.9. The van der Waals surface area contributed by atoms with Gasteiger partial charge in [-0.25, -0.2) is 0 Å². The number of hydrogen-bond acceptors (Lipinski definition) is 5. The molecule has 4 atom stereocenters. The summed E-state index contributed by atoms with van der Waals surface area (Å²) in [7, 11) is 0. The van der Waals surface area contributed by atoms with E-state index in [1.165, 1.54) is 90.1 Å². The molecule has 0 aromatic rings. The zero-order chi connectivity index (χ0) is 19.5. The number of nitrogens with one attached hydrogen (secondary N) is 4. The van der Waals surface area contributed by atoms with Crippen molar-refractivity contribution in [1.82, 2.24) is 21.3 Å². The molecule has 9 rings (SSSR count). The molecule has 2 aliphatic carbocycles. The van der Waals surface area contributed by atoms with E-state index in [9.17, 15) is 0 Å². The van der Waals surface area contributed by atoms with Crippen molar-refractivity contribution in [2.24, 2.45) is 11.8 Å². The standard InChI is InChI=1S/C7H13N.2C6H11N.C5H9NO/c1-3-7-4-2-6(1)5-8-7;1-2-6-3-5(1)4-7-6;1-2-6-4-3-5(1)7-6;1-4-3-7-5(1)2-6-4/h6-8H,1-5H2;2*5-7H,1-4H2;4-6H,1-3H2. The smallest absolute Gasteiger partial charge is 0.0716 e. The molecule has 7 aliphatic heterocycles. The predicted octanol–water partition coefficient (Wildman–Crippen LogP) is 2.55. The van der Waals surface area contributed by atoms with Gasteiger partial charge in [-0.1, -0.05) is 0 Å². The van der Waals surface area contributed by atoms with Gasteiger partial charge in [0.05, 0.1) is 12.7 Å². The average Bonchev–Trinajstić information content (AvgIpc) is 3.65. The third-order valence-corrected chi connectivity index (χ3v) is 8.69. The molecule has 0 aromatic heterocycles. The molecule has 166 valence electrons. The fourth-order valence-corrected chi connectivity index (χ4v) is 6.73. The fourth-order valence-electron chi connectivity index (χ4n) is 6.73. The largest absolute Gasteiger partial charge is 0.375 e. The van der Waals surface area contributed by atoms with Gasteiger partial charge in [0.2, 0.25) is 0 Å². The second-order valence-corrected chi connectivity index (χ2v) is 10.9. The quantitative estimate of drug-likeness (QED) is 0.500. The van der Waals surface area contributed by atoms with E-state index in [-0.39, 0.29) is 0 Å². The van der Waals surface area contributed by atoms with Crippen LogP contribution in [0.4, 0.5) is 0 Å². The molecule has 0 spiro atoms. The highest BCUT2D eigenvalue weighted by Gasteiger charge is 2.32. The lowest BCUT2D eigenvalue weighted by atomic mass is 9.82. The van der Waals surface area contributed by atoms with E-state index in [1.807, 2.05) is 0 Å². The number of ether oxygens (including phenoxy) is 1. The molecule has 7 heterocycles. The molecule has 9 aliphatic rings. The summed E-state index contributed by atoms with van der Waals surface area (Å²) in [6.07, 6.45) is 17.9. The van der Waals surface area contributed by atoms with Crippen molar-refractivity contribution in [3.05, 3.63) is 0 Å². The normalized spacial score (nSPS) is 47.2. The SMILES string of the molecule is C1CC2CC1CN2.C1CC2CCC1CN2.C1CC2CCC1N2.C1OC2CNC1C2. The molecule has 9 fully saturated rings. The summed E-state index contributed by atoms with van der Waals surface area (Å²) in [6.45, 7) is 4.66. The molecular weight excluding hydrogens is 360 g/mol.